The molecule has 0 radical (unpaired) electrons. The molecule has 3 N–H and O–H groups in total. The monoisotopic (exact) mass is 346 g/mol. The number of rotatable bonds is 8. The van der Waals surface area contributed by atoms with Crippen LogP contribution in [-0.2, 0) is 6.42 Å². The number of piperidine rings is 1. The van der Waals surface area contributed by atoms with Crippen molar-refractivity contribution in [2.45, 2.75) is 51.7 Å². The summed E-state index contributed by atoms with van der Waals surface area (Å²) in [5.74, 6) is 0.823. The Labute approximate surface area is 152 Å². The molecule has 1 unspecified atom stereocenters. The number of likely N-dealkylation sites (tertiary alicyclic amines) is 1. The molecule has 1 aromatic rings. The van der Waals surface area contributed by atoms with E-state index in [9.17, 15) is 5.11 Å². The standard InChI is InChI=1S/C20H34N4O/c1-3-12-24-13-10-18(11-14-24)23-20(21-4-2)22-16-19(25)15-17-8-6-5-7-9-17/h5-9,18-19,25H,3-4,10-16H2,1-2H3,(H2,21,22,23). The third kappa shape index (κ3) is 7.45. The highest BCUT2D eigenvalue weighted by Gasteiger charge is 2.19. The number of aliphatic hydroxyl groups excluding tert-OH is 1. The summed E-state index contributed by atoms with van der Waals surface area (Å²) in [5, 5.41) is 17.1. The van der Waals surface area contributed by atoms with Crippen LogP contribution in [0.15, 0.2) is 35.3 Å². The number of aliphatic hydroxyl groups is 1. The summed E-state index contributed by atoms with van der Waals surface area (Å²) >= 11 is 0. The average molecular weight is 347 g/mol. The zero-order valence-electron chi connectivity index (χ0n) is 15.7. The molecule has 0 spiro atoms. The minimum atomic E-state index is -0.454. The molecule has 0 aromatic heterocycles. The van der Waals surface area contributed by atoms with E-state index >= 15 is 0 Å². The third-order valence-electron chi connectivity index (χ3n) is 4.59. The van der Waals surface area contributed by atoms with Crippen LogP contribution in [0.1, 0.15) is 38.7 Å². The molecule has 5 heteroatoms. The van der Waals surface area contributed by atoms with E-state index in [0.717, 1.165) is 44.0 Å². The number of benzene rings is 1. The molecular formula is C20H34N4O. The smallest absolute Gasteiger partial charge is 0.191 e. The lowest BCUT2D eigenvalue weighted by Crippen LogP contribution is -2.49. The average Bonchev–Trinajstić information content (AvgIpc) is 2.63. The third-order valence-corrected chi connectivity index (χ3v) is 4.59. The topological polar surface area (TPSA) is 59.9 Å². The Bertz CT molecular complexity index is 498. The Morgan fingerprint density at radius 3 is 2.60 bits per heavy atom. The summed E-state index contributed by atoms with van der Waals surface area (Å²) in [6, 6.07) is 10.6. The van der Waals surface area contributed by atoms with Crippen LogP contribution in [0.3, 0.4) is 0 Å². The van der Waals surface area contributed by atoms with Gasteiger partial charge in [0.15, 0.2) is 5.96 Å². The second-order valence-corrected chi connectivity index (χ2v) is 6.82. The lowest BCUT2D eigenvalue weighted by molar-refractivity contribution is 0.183. The number of nitrogens with zero attached hydrogens (tertiary/aromatic N) is 2. The van der Waals surface area contributed by atoms with E-state index in [-0.39, 0.29) is 0 Å². The van der Waals surface area contributed by atoms with Crippen molar-refractivity contribution in [2.24, 2.45) is 4.99 Å². The summed E-state index contributed by atoms with van der Waals surface area (Å²) in [7, 11) is 0. The van der Waals surface area contributed by atoms with Crippen LogP contribution in [0, 0.1) is 0 Å². The Kier molecular flexibility index (Phi) is 8.77. The van der Waals surface area contributed by atoms with Gasteiger partial charge in [-0.2, -0.15) is 0 Å². The highest BCUT2D eigenvalue weighted by Crippen LogP contribution is 2.10. The Hall–Kier alpha value is -1.59. The van der Waals surface area contributed by atoms with Crippen molar-refractivity contribution in [3.63, 3.8) is 0 Å². The van der Waals surface area contributed by atoms with Crippen molar-refractivity contribution < 1.29 is 5.11 Å². The largest absolute Gasteiger partial charge is 0.391 e. The van der Waals surface area contributed by atoms with E-state index in [1.807, 2.05) is 30.3 Å². The molecule has 1 saturated heterocycles. The molecule has 5 nitrogen and oxygen atoms in total. The normalized spacial score (nSPS) is 18.1. The maximum Gasteiger partial charge on any atom is 0.191 e. The lowest BCUT2D eigenvalue weighted by atomic mass is 10.1. The minimum Gasteiger partial charge on any atom is -0.391 e. The maximum atomic E-state index is 10.3. The number of aliphatic imine (C=N–C) groups is 1. The van der Waals surface area contributed by atoms with Gasteiger partial charge >= 0.3 is 0 Å². The Balaban J connectivity index is 1.79. The summed E-state index contributed by atoms with van der Waals surface area (Å²) in [4.78, 5) is 7.12. The van der Waals surface area contributed by atoms with Gasteiger partial charge in [-0.05, 0) is 38.3 Å². The zero-order valence-corrected chi connectivity index (χ0v) is 15.7. The highest BCUT2D eigenvalue weighted by atomic mass is 16.3. The molecule has 1 atom stereocenters. The van der Waals surface area contributed by atoms with Crippen LogP contribution in [0.5, 0.6) is 0 Å². The molecule has 1 heterocycles. The van der Waals surface area contributed by atoms with Gasteiger partial charge in [0.2, 0.25) is 0 Å². The van der Waals surface area contributed by atoms with E-state index in [1.165, 1.54) is 13.0 Å². The Morgan fingerprint density at radius 1 is 1.24 bits per heavy atom. The quantitative estimate of drug-likeness (QED) is 0.498. The van der Waals surface area contributed by atoms with E-state index in [1.54, 1.807) is 0 Å². The molecule has 0 bridgehead atoms. The van der Waals surface area contributed by atoms with E-state index < -0.39 is 6.10 Å². The number of nitrogens with one attached hydrogen (secondary N) is 2. The molecule has 0 aliphatic carbocycles. The fourth-order valence-electron chi connectivity index (χ4n) is 3.28. The second kappa shape index (κ2) is 11.1. The fourth-order valence-corrected chi connectivity index (χ4v) is 3.28. The molecule has 0 amide bonds. The van der Waals surface area contributed by atoms with Gasteiger partial charge < -0.3 is 20.6 Å². The molecule has 1 aliphatic rings. The van der Waals surface area contributed by atoms with Gasteiger partial charge in [0.05, 0.1) is 12.6 Å². The molecular weight excluding hydrogens is 312 g/mol. The summed E-state index contributed by atoms with van der Waals surface area (Å²) < 4.78 is 0. The molecule has 1 aromatic carbocycles. The highest BCUT2D eigenvalue weighted by molar-refractivity contribution is 5.80. The molecule has 0 saturated carbocycles. The Morgan fingerprint density at radius 2 is 1.96 bits per heavy atom. The van der Waals surface area contributed by atoms with Crippen LogP contribution in [0.25, 0.3) is 0 Å². The molecule has 2 rings (SSSR count). The second-order valence-electron chi connectivity index (χ2n) is 6.82. The van der Waals surface area contributed by atoms with Crippen LogP contribution >= 0.6 is 0 Å². The maximum absolute atomic E-state index is 10.3. The summed E-state index contributed by atoms with van der Waals surface area (Å²) in [6.45, 7) is 9.06. The molecule has 25 heavy (non-hydrogen) atoms. The predicted molar refractivity (Wildman–Crippen MR) is 105 cm³/mol. The SMILES string of the molecule is CCCN1CCC(NC(=NCC(O)Cc2ccccc2)NCC)CC1. The predicted octanol–water partition coefficient (Wildman–Crippen LogP) is 2.02. The van der Waals surface area contributed by atoms with Crippen LogP contribution in [0.4, 0.5) is 0 Å². The van der Waals surface area contributed by atoms with Crippen molar-refractivity contribution in [3.05, 3.63) is 35.9 Å². The minimum absolute atomic E-state index is 0.416. The van der Waals surface area contributed by atoms with Gasteiger partial charge in [0, 0.05) is 32.1 Å². The van der Waals surface area contributed by atoms with Gasteiger partial charge in [0.25, 0.3) is 0 Å². The van der Waals surface area contributed by atoms with Gasteiger partial charge in [-0.3, -0.25) is 4.99 Å². The molecule has 1 fully saturated rings. The van der Waals surface area contributed by atoms with Gasteiger partial charge in [0.1, 0.15) is 0 Å². The van der Waals surface area contributed by atoms with Gasteiger partial charge in [-0.15, -0.1) is 0 Å². The fraction of sp³-hybridized carbons (Fsp3) is 0.650. The van der Waals surface area contributed by atoms with E-state index in [4.69, 9.17) is 0 Å². The van der Waals surface area contributed by atoms with E-state index in [2.05, 4.69) is 34.4 Å². The summed E-state index contributed by atoms with van der Waals surface area (Å²) in [5.41, 5.74) is 1.14. The van der Waals surface area contributed by atoms with E-state index in [0.29, 0.717) is 19.0 Å². The van der Waals surface area contributed by atoms with Crippen molar-refractivity contribution >= 4 is 5.96 Å². The first-order chi connectivity index (χ1) is 12.2. The van der Waals surface area contributed by atoms with Crippen molar-refractivity contribution in [2.75, 3.05) is 32.7 Å². The first kappa shape index (κ1) is 19.7. The first-order valence-electron chi connectivity index (χ1n) is 9.70. The van der Waals surface area contributed by atoms with Crippen LogP contribution in [0.2, 0.25) is 0 Å². The first-order valence-corrected chi connectivity index (χ1v) is 9.70. The molecule has 1 aliphatic heterocycles. The van der Waals surface area contributed by atoms with Crippen molar-refractivity contribution in [3.8, 4) is 0 Å². The van der Waals surface area contributed by atoms with Gasteiger partial charge in [-0.1, -0.05) is 37.3 Å². The number of hydrogen-bond acceptors (Lipinski definition) is 3. The number of guanidine groups is 1. The lowest BCUT2D eigenvalue weighted by Gasteiger charge is -2.32. The summed E-state index contributed by atoms with van der Waals surface area (Å²) in [6.07, 6.45) is 3.71. The number of hydrogen-bond donors (Lipinski definition) is 3. The van der Waals surface area contributed by atoms with Crippen molar-refractivity contribution in [1.29, 1.82) is 0 Å². The van der Waals surface area contributed by atoms with Gasteiger partial charge in [-0.25, -0.2) is 0 Å². The zero-order chi connectivity index (χ0) is 17.9. The molecule has 140 valence electrons. The van der Waals surface area contributed by atoms with Crippen LogP contribution < -0.4 is 10.6 Å². The van der Waals surface area contributed by atoms with Crippen LogP contribution in [-0.4, -0.2) is 60.8 Å². The van der Waals surface area contributed by atoms with Crippen molar-refractivity contribution in [1.82, 2.24) is 15.5 Å².